The molecule has 1 aromatic heterocycles. The van der Waals surface area contributed by atoms with E-state index < -0.39 is 0 Å². The van der Waals surface area contributed by atoms with Crippen molar-refractivity contribution in [2.24, 2.45) is 17.8 Å². The van der Waals surface area contributed by atoms with E-state index in [0.29, 0.717) is 30.0 Å². The average Bonchev–Trinajstić information content (AvgIpc) is 3.83. The minimum absolute atomic E-state index is 0. The van der Waals surface area contributed by atoms with E-state index in [1.54, 1.807) is 7.11 Å². The van der Waals surface area contributed by atoms with Crippen LogP contribution in [0.4, 0.5) is 0 Å². The molecule has 0 radical (unpaired) electrons. The predicted octanol–water partition coefficient (Wildman–Crippen LogP) is 10.8. The number of Topliss-reactive ketones (excluding diaryl/α,β-unsaturated/α-hetero) is 1. The molecule has 0 aliphatic heterocycles. The molecular weight excluding hydrogens is 502 g/mol. The summed E-state index contributed by atoms with van der Waals surface area (Å²) in [6, 6.07) is 4.36. The summed E-state index contributed by atoms with van der Waals surface area (Å²) in [7, 11) is 1.67. The Hall–Kier alpha value is -2.64. The van der Waals surface area contributed by atoms with Gasteiger partial charge in [0.1, 0.15) is 5.76 Å². The average molecular weight is 560 g/mol. The molecule has 3 heteroatoms. The molecule has 5 rings (SSSR count). The smallest absolute Gasteiger partial charge is 0.159 e. The topological polar surface area (TPSA) is 39.2 Å². The summed E-state index contributed by atoms with van der Waals surface area (Å²) >= 11 is 0. The van der Waals surface area contributed by atoms with Gasteiger partial charge in [0.15, 0.2) is 5.78 Å². The Bertz CT molecular complexity index is 1140. The van der Waals surface area contributed by atoms with Gasteiger partial charge in [-0.25, -0.2) is 0 Å². The highest BCUT2D eigenvalue weighted by Crippen LogP contribution is 2.44. The first-order valence-corrected chi connectivity index (χ1v) is 16.4. The Morgan fingerprint density at radius 1 is 1.10 bits per heavy atom. The molecule has 0 spiro atoms. The standard InChI is InChI=1S/C18H23N.C18H26O2.C2H6.H2/c1-3-14-8-9-16(12-15-6-7-15)18-17(13(2)11-14)5-4-10-19-18;1-13-7-9-15(10-8-13)11-17(19)16-6-4-5-14(2)18(12-16)20-3;1-2;/h4-5,10,13,15-16H,1,6-9,11-12H2,2H3;4-5,12-13,15H,6-11H2,1-3H3;1-2H3;1H. The maximum absolute atomic E-state index is 12.5. The van der Waals surface area contributed by atoms with Crippen molar-refractivity contribution in [3.05, 3.63) is 82.6 Å². The van der Waals surface area contributed by atoms with Gasteiger partial charge in [-0.15, -0.1) is 5.73 Å². The van der Waals surface area contributed by atoms with E-state index in [1.165, 1.54) is 68.2 Å². The molecule has 2 fully saturated rings. The number of rotatable bonds is 6. The first-order chi connectivity index (χ1) is 19.9. The lowest BCUT2D eigenvalue weighted by atomic mass is 9.80. The van der Waals surface area contributed by atoms with Crippen molar-refractivity contribution in [2.45, 2.75) is 124 Å². The molecule has 0 N–H and O–H groups in total. The Balaban J connectivity index is 0.000000271. The van der Waals surface area contributed by atoms with E-state index in [0.717, 1.165) is 48.0 Å². The fourth-order valence-corrected chi connectivity index (χ4v) is 6.52. The summed E-state index contributed by atoms with van der Waals surface area (Å²) in [5.41, 5.74) is 9.39. The monoisotopic (exact) mass is 559 g/mol. The molecule has 2 atom stereocenters. The summed E-state index contributed by atoms with van der Waals surface area (Å²) in [4.78, 5) is 17.2. The van der Waals surface area contributed by atoms with Crippen LogP contribution in [0.3, 0.4) is 0 Å². The molecule has 0 saturated heterocycles. The van der Waals surface area contributed by atoms with Crippen molar-refractivity contribution in [1.29, 1.82) is 0 Å². The van der Waals surface area contributed by atoms with Gasteiger partial charge >= 0.3 is 0 Å². The highest BCUT2D eigenvalue weighted by atomic mass is 16.5. The number of hydrogen-bond donors (Lipinski definition) is 0. The minimum Gasteiger partial charge on any atom is -0.496 e. The number of pyridine rings is 1. The number of aromatic nitrogens is 1. The van der Waals surface area contributed by atoms with Crippen LogP contribution < -0.4 is 0 Å². The highest BCUT2D eigenvalue weighted by Gasteiger charge is 2.30. The third-order valence-electron chi connectivity index (χ3n) is 9.29. The fraction of sp³-hybridized carbons (Fsp3) is 0.605. The zero-order chi connectivity index (χ0) is 29.8. The van der Waals surface area contributed by atoms with Crippen LogP contribution >= 0.6 is 0 Å². The molecule has 0 aromatic carbocycles. The quantitative estimate of drug-likeness (QED) is 0.325. The van der Waals surface area contributed by atoms with E-state index in [9.17, 15) is 4.79 Å². The van der Waals surface area contributed by atoms with Gasteiger partial charge in [-0.3, -0.25) is 9.78 Å². The van der Waals surface area contributed by atoms with Crippen LogP contribution in [-0.2, 0) is 9.53 Å². The lowest BCUT2D eigenvalue weighted by Gasteiger charge is -2.26. The molecule has 3 nitrogen and oxygen atoms in total. The first kappa shape index (κ1) is 32.9. The van der Waals surface area contributed by atoms with Crippen LogP contribution in [0.1, 0.15) is 136 Å². The first-order valence-electron chi connectivity index (χ1n) is 16.4. The van der Waals surface area contributed by atoms with Crippen molar-refractivity contribution in [1.82, 2.24) is 4.98 Å². The maximum atomic E-state index is 12.5. The Morgan fingerprint density at radius 2 is 1.80 bits per heavy atom. The number of nitrogens with zero attached hydrogens (tertiary/aromatic N) is 1. The number of ketones is 1. The van der Waals surface area contributed by atoms with Crippen LogP contribution in [0.25, 0.3) is 0 Å². The Labute approximate surface area is 252 Å². The van der Waals surface area contributed by atoms with Crippen LogP contribution in [0.15, 0.2) is 71.3 Å². The third-order valence-corrected chi connectivity index (χ3v) is 9.29. The summed E-state index contributed by atoms with van der Waals surface area (Å²) in [6.07, 6.45) is 22.1. The molecule has 2 unspecified atom stereocenters. The summed E-state index contributed by atoms with van der Waals surface area (Å²) in [5.74, 6) is 4.71. The van der Waals surface area contributed by atoms with Crippen LogP contribution in [-0.4, -0.2) is 17.9 Å². The number of methoxy groups -OCH3 is 1. The predicted molar refractivity (Wildman–Crippen MR) is 175 cm³/mol. The van der Waals surface area contributed by atoms with E-state index >= 15 is 0 Å². The van der Waals surface area contributed by atoms with Crippen molar-refractivity contribution in [3.8, 4) is 0 Å². The molecule has 41 heavy (non-hydrogen) atoms. The molecular formula is C38H57NO2. The number of allylic oxidation sites excluding steroid dienone is 6. The second-order valence-electron chi connectivity index (χ2n) is 12.6. The van der Waals surface area contributed by atoms with Gasteiger partial charge in [0.25, 0.3) is 0 Å². The van der Waals surface area contributed by atoms with Gasteiger partial charge in [-0.05, 0) is 104 Å². The summed E-state index contributed by atoms with van der Waals surface area (Å²) in [6.45, 7) is 14.5. The number of fused-ring (bicyclic) bond motifs is 1. The van der Waals surface area contributed by atoms with Crippen LogP contribution in [0, 0.1) is 17.8 Å². The summed E-state index contributed by atoms with van der Waals surface area (Å²) < 4.78 is 5.37. The van der Waals surface area contributed by atoms with Crippen molar-refractivity contribution in [3.63, 3.8) is 0 Å². The van der Waals surface area contributed by atoms with Gasteiger partial charge in [0.05, 0.1) is 7.11 Å². The van der Waals surface area contributed by atoms with Gasteiger partial charge < -0.3 is 4.74 Å². The second-order valence-corrected chi connectivity index (χ2v) is 12.6. The van der Waals surface area contributed by atoms with Crippen molar-refractivity contribution < 1.29 is 11.0 Å². The molecule has 1 aromatic rings. The SMILES string of the molecule is C=C=C1CCC(CC2CC2)c2ncccc2C(C)C1.CC.COC1=C(C)C=CCC(C(=O)CC2CCC(C)CC2)=C1.[HH]. The molecule has 1 heterocycles. The molecule has 0 bridgehead atoms. The number of carbonyl (C=O) groups excluding carboxylic acids is 1. The van der Waals surface area contributed by atoms with Crippen molar-refractivity contribution >= 4 is 5.78 Å². The normalized spacial score (nSPS) is 25.9. The molecule has 4 aliphatic carbocycles. The van der Waals surface area contributed by atoms with Crippen LogP contribution in [0.2, 0.25) is 0 Å². The molecule has 226 valence electrons. The third kappa shape index (κ3) is 10.00. The van der Waals surface area contributed by atoms with Gasteiger partial charge in [0, 0.05) is 31.2 Å². The van der Waals surface area contributed by atoms with E-state index in [1.807, 2.05) is 39.1 Å². The van der Waals surface area contributed by atoms with E-state index in [-0.39, 0.29) is 1.43 Å². The largest absolute Gasteiger partial charge is 0.496 e. The fourth-order valence-electron chi connectivity index (χ4n) is 6.52. The number of ether oxygens (including phenoxy) is 1. The number of hydrogen-bond acceptors (Lipinski definition) is 3. The van der Waals surface area contributed by atoms with Gasteiger partial charge in [-0.1, -0.05) is 78.2 Å². The zero-order valence-corrected chi connectivity index (χ0v) is 26.8. The molecule has 2 saturated carbocycles. The lowest BCUT2D eigenvalue weighted by Crippen LogP contribution is -2.17. The zero-order valence-electron chi connectivity index (χ0n) is 26.8. The summed E-state index contributed by atoms with van der Waals surface area (Å²) in [5, 5.41) is 0. The Kier molecular flexibility index (Phi) is 13.4. The minimum atomic E-state index is 0. The Morgan fingerprint density at radius 3 is 2.46 bits per heavy atom. The number of carbonyl (C=O) groups is 1. The lowest BCUT2D eigenvalue weighted by molar-refractivity contribution is -0.116. The van der Waals surface area contributed by atoms with Crippen molar-refractivity contribution in [2.75, 3.05) is 7.11 Å². The van der Waals surface area contributed by atoms with Gasteiger partial charge in [0.2, 0.25) is 0 Å². The molecule has 4 aliphatic rings. The van der Waals surface area contributed by atoms with Gasteiger partial charge in [-0.2, -0.15) is 0 Å². The van der Waals surface area contributed by atoms with E-state index in [2.05, 4.69) is 44.4 Å². The highest BCUT2D eigenvalue weighted by molar-refractivity contribution is 5.96. The van der Waals surface area contributed by atoms with E-state index in [4.69, 9.17) is 9.72 Å². The second kappa shape index (κ2) is 16.7. The van der Waals surface area contributed by atoms with Crippen LogP contribution in [0.5, 0.6) is 0 Å². The molecule has 0 amide bonds. The maximum Gasteiger partial charge on any atom is 0.159 e.